The fourth-order valence-corrected chi connectivity index (χ4v) is 4.87. The Bertz CT molecular complexity index is 1730. The van der Waals surface area contributed by atoms with Crippen molar-refractivity contribution in [2.45, 2.75) is 5.92 Å². The Labute approximate surface area is 236 Å². The van der Waals surface area contributed by atoms with Gasteiger partial charge in [-0.15, -0.1) is 0 Å². The average molecular weight is 543 g/mol. The maximum Gasteiger partial charge on any atom is 0.128 e. The summed E-state index contributed by atoms with van der Waals surface area (Å²) in [6, 6.07) is 36.7. The number of phenols is 4. The third-order valence-electron chi connectivity index (χ3n) is 6.87. The van der Waals surface area contributed by atoms with E-state index in [1.54, 1.807) is 60.7 Å². The van der Waals surface area contributed by atoms with Crippen molar-refractivity contribution < 1.29 is 29.9 Å². The Balaban J connectivity index is 1.47. The smallest absolute Gasteiger partial charge is 0.128 e. The summed E-state index contributed by atoms with van der Waals surface area (Å²) in [5.74, 6) is 1.73. The standard InChI is InChI=1S/C35H26O6/c36-25-7-11-27(12-8-25)40-29-15-17-33(38)31(20-29)35(24-6-5-22-3-1-2-4-23(22)19-24)32-21-30(16-18-34(32)39)41-28-13-9-26(37)10-14-28/h1-21,35-39H. The third kappa shape index (κ3) is 5.58. The van der Waals surface area contributed by atoms with Crippen LogP contribution in [0.3, 0.4) is 0 Å². The third-order valence-corrected chi connectivity index (χ3v) is 6.87. The van der Waals surface area contributed by atoms with Crippen LogP contribution >= 0.6 is 0 Å². The number of ether oxygens (including phenoxy) is 2. The Morgan fingerprint density at radius 3 is 1.39 bits per heavy atom. The highest BCUT2D eigenvalue weighted by Gasteiger charge is 2.25. The van der Waals surface area contributed by atoms with Gasteiger partial charge in [0.25, 0.3) is 0 Å². The molecule has 0 atom stereocenters. The van der Waals surface area contributed by atoms with Gasteiger partial charge < -0.3 is 29.9 Å². The molecule has 6 aromatic carbocycles. The largest absolute Gasteiger partial charge is 0.508 e. The molecule has 6 heteroatoms. The Morgan fingerprint density at radius 1 is 0.415 bits per heavy atom. The highest BCUT2D eigenvalue weighted by Crippen LogP contribution is 2.44. The summed E-state index contributed by atoms with van der Waals surface area (Å²) in [6.07, 6.45) is 0. The fraction of sp³-hybridized carbons (Fsp3) is 0.0286. The van der Waals surface area contributed by atoms with E-state index in [2.05, 4.69) is 0 Å². The number of aromatic hydroxyl groups is 4. The van der Waals surface area contributed by atoms with Crippen molar-refractivity contribution in [2.75, 3.05) is 0 Å². The Kier molecular flexibility index (Phi) is 6.80. The maximum atomic E-state index is 11.1. The van der Waals surface area contributed by atoms with Crippen molar-refractivity contribution in [2.24, 2.45) is 0 Å². The normalized spacial score (nSPS) is 11.0. The van der Waals surface area contributed by atoms with E-state index in [0.717, 1.165) is 16.3 Å². The summed E-state index contributed by atoms with van der Waals surface area (Å²) in [5.41, 5.74) is 1.89. The molecular formula is C35H26O6. The zero-order valence-electron chi connectivity index (χ0n) is 21.8. The van der Waals surface area contributed by atoms with Crippen molar-refractivity contribution in [3.63, 3.8) is 0 Å². The molecule has 0 unspecified atom stereocenters. The van der Waals surface area contributed by atoms with E-state index in [-0.39, 0.29) is 23.0 Å². The summed E-state index contributed by atoms with van der Waals surface area (Å²) < 4.78 is 12.1. The SMILES string of the molecule is Oc1ccc(Oc2ccc(O)c(C(c3ccc4ccccc4c3)c3cc(Oc4ccc(O)cc4)ccc3O)c2)cc1. The van der Waals surface area contributed by atoms with Crippen molar-refractivity contribution >= 4 is 10.8 Å². The molecule has 0 aliphatic rings. The van der Waals surface area contributed by atoms with E-state index in [0.29, 0.717) is 34.1 Å². The highest BCUT2D eigenvalue weighted by molar-refractivity contribution is 5.83. The molecule has 0 radical (unpaired) electrons. The second-order valence-electron chi connectivity index (χ2n) is 9.67. The van der Waals surface area contributed by atoms with Crippen molar-refractivity contribution in [1.82, 2.24) is 0 Å². The molecule has 4 N–H and O–H groups in total. The minimum Gasteiger partial charge on any atom is -0.508 e. The zero-order valence-corrected chi connectivity index (χ0v) is 21.8. The second kappa shape index (κ2) is 10.9. The molecule has 202 valence electrons. The fourth-order valence-electron chi connectivity index (χ4n) is 4.87. The lowest BCUT2D eigenvalue weighted by molar-refractivity contribution is 0.447. The van der Waals surface area contributed by atoms with Crippen LogP contribution in [-0.4, -0.2) is 20.4 Å². The van der Waals surface area contributed by atoms with Gasteiger partial charge in [-0.1, -0.05) is 42.5 Å². The van der Waals surface area contributed by atoms with Gasteiger partial charge in [0.05, 0.1) is 0 Å². The van der Waals surface area contributed by atoms with Crippen LogP contribution in [0.5, 0.6) is 46.0 Å². The molecule has 0 fully saturated rings. The monoisotopic (exact) mass is 542 g/mol. The molecule has 0 amide bonds. The van der Waals surface area contributed by atoms with Gasteiger partial charge in [-0.2, -0.15) is 0 Å². The number of rotatable bonds is 7. The summed E-state index contributed by atoms with van der Waals surface area (Å²) in [4.78, 5) is 0. The van der Waals surface area contributed by atoms with Gasteiger partial charge in [0.15, 0.2) is 0 Å². The minimum absolute atomic E-state index is 0.0328. The number of hydrogen-bond donors (Lipinski definition) is 4. The molecule has 0 aliphatic heterocycles. The van der Waals surface area contributed by atoms with E-state index >= 15 is 0 Å². The van der Waals surface area contributed by atoms with Crippen LogP contribution in [0.25, 0.3) is 10.8 Å². The van der Waals surface area contributed by atoms with Crippen LogP contribution in [0, 0.1) is 0 Å². The van der Waals surface area contributed by atoms with Gasteiger partial charge in [0.2, 0.25) is 0 Å². The van der Waals surface area contributed by atoms with Crippen LogP contribution in [-0.2, 0) is 0 Å². The molecule has 0 spiro atoms. The van der Waals surface area contributed by atoms with E-state index in [9.17, 15) is 20.4 Å². The van der Waals surface area contributed by atoms with Crippen LogP contribution in [0.15, 0.2) is 127 Å². The molecule has 41 heavy (non-hydrogen) atoms. The summed E-state index contributed by atoms with van der Waals surface area (Å²) in [5, 5.41) is 43.6. The Hall–Kier alpha value is -5.62. The van der Waals surface area contributed by atoms with E-state index in [1.165, 1.54) is 24.3 Å². The lowest BCUT2D eigenvalue weighted by atomic mass is 9.83. The number of fused-ring (bicyclic) bond motifs is 1. The van der Waals surface area contributed by atoms with Crippen LogP contribution in [0.1, 0.15) is 22.6 Å². The average Bonchev–Trinajstić information content (AvgIpc) is 2.98. The lowest BCUT2D eigenvalue weighted by Crippen LogP contribution is -2.05. The van der Waals surface area contributed by atoms with Gasteiger partial charge in [-0.3, -0.25) is 0 Å². The number of phenolic OH excluding ortho intramolecular Hbond substituents is 4. The topological polar surface area (TPSA) is 99.4 Å². The number of hydrogen-bond acceptors (Lipinski definition) is 6. The molecule has 6 rings (SSSR count). The molecule has 0 aliphatic carbocycles. The van der Waals surface area contributed by atoms with E-state index in [4.69, 9.17) is 9.47 Å². The summed E-state index contributed by atoms with van der Waals surface area (Å²) >= 11 is 0. The van der Waals surface area contributed by atoms with Gasteiger partial charge in [-0.05, 0) is 101 Å². The predicted molar refractivity (Wildman–Crippen MR) is 157 cm³/mol. The maximum absolute atomic E-state index is 11.1. The van der Waals surface area contributed by atoms with Crippen LogP contribution < -0.4 is 9.47 Å². The van der Waals surface area contributed by atoms with E-state index < -0.39 is 5.92 Å². The zero-order chi connectivity index (χ0) is 28.3. The highest BCUT2D eigenvalue weighted by atomic mass is 16.5. The van der Waals surface area contributed by atoms with Gasteiger partial charge in [0.1, 0.15) is 46.0 Å². The molecule has 6 nitrogen and oxygen atoms in total. The van der Waals surface area contributed by atoms with E-state index in [1.807, 2.05) is 42.5 Å². The molecular weight excluding hydrogens is 516 g/mol. The first-order chi connectivity index (χ1) is 19.9. The first kappa shape index (κ1) is 25.6. The molecule has 0 saturated carbocycles. The molecule has 0 aromatic heterocycles. The number of benzene rings is 6. The minimum atomic E-state index is -0.591. The molecule has 0 heterocycles. The molecule has 6 aromatic rings. The van der Waals surface area contributed by atoms with Crippen molar-refractivity contribution in [3.8, 4) is 46.0 Å². The van der Waals surface area contributed by atoms with Gasteiger partial charge >= 0.3 is 0 Å². The van der Waals surface area contributed by atoms with Gasteiger partial charge in [0, 0.05) is 17.0 Å². The van der Waals surface area contributed by atoms with Crippen molar-refractivity contribution in [3.05, 3.63) is 144 Å². The van der Waals surface area contributed by atoms with Crippen LogP contribution in [0.2, 0.25) is 0 Å². The summed E-state index contributed by atoms with van der Waals surface area (Å²) in [6.45, 7) is 0. The first-order valence-electron chi connectivity index (χ1n) is 13.0. The van der Waals surface area contributed by atoms with Crippen molar-refractivity contribution in [1.29, 1.82) is 0 Å². The van der Waals surface area contributed by atoms with Gasteiger partial charge in [-0.25, -0.2) is 0 Å². The molecule has 0 bridgehead atoms. The van der Waals surface area contributed by atoms with Crippen LogP contribution in [0.4, 0.5) is 0 Å². The first-order valence-corrected chi connectivity index (χ1v) is 13.0. The Morgan fingerprint density at radius 2 is 0.878 bits per heavy atom. The molecule has 0 saturated heterocycles. The second-order valence-corrected chi connectivity index (χ2v) is 9.67. The lowest BCUT2D eigenvalue weighted by Gasteiger charge is -2.23. The predicted octanol–water partition coefficient (Wildman–Crippen LogP) is 8.43. The summed E-state index contributed by atoms with van der Waals surface area (Å²) in [7, 11) is 0. The quantitative estimate of drug-likeness (QED) is 0.151.